The Kier molecular flexibility index (Phi) is 12.1. The molecule has 5 rings (SSSR count). The predicted octanol–water partition coefficient (Wildman–Crippen LogP) is 2.28. The summed E-state index contributed by atoms with van der Waals surface area (Å²) in [6.07, 6.45) is -11.9. The second-order valence-electron chi connectivity index (χ2n) is 11.3. The number of esters is 4. The van der Waals surface area contributed by atoms with Crippen LogP contribution in [0.15, 0.2) is 65.6 Å². The minimum atomic E-state index is -1.69. The summed E-state index contributed by atoms with van der Waals surface area (Å²) in [6, 6.07) is 18.1. The first kappa shape index (κ1) is 36.1. The molecule has 2 aromatic rings. The largest absolute Gasteiger partial charge is 0.467 e. The summed E-state index contributed by atoms with van der Waals surface area (Å²) in [5.41, 5.74) is 0.232. The number of carbonyl (C=O) groups excluding carboxylic acids is 5. The van der Waals surface area contributed by atoms with E-state index in [2.05, 4.69) is 5.32 Å². The molecule has 3 heterocycles. The fourth-order valence-corrected chi connectivity index (χ4v) is 6.88. The second kappa shape index (κ2) is 16.5. The Morgan fingerprint density at radius 3 is 2.04 bits per heavy atom. The van der Waals surface area contributed by atoms with E-state index >= 15 is 0 Å². The highest BCUT2D eigenvalue weighted by molar-refractivity contribution is 7.99. The number of methoxy groups -OCH3 is 1. The first-order valence-electron chi connectivity index (χ1n) is 15.4. The van der Waals surface area contributed by atoms with E-state index in [1.807, 2.05) is 60.7 Å². The van der Waals surface area contributed by atoms with Gasteiger partial charge < -0.3 is 47.9 Å². The molecule has 1 N–H and O–H groups in total. The maximum Gasteiger partial charge on any atom is 0.408 e. The number of hydrogen-bond donors (Lipinski definition) is 1. The number of carbonyl (C=O) groups is 5. The van der Waals surface area contributed by atoms with E-state index in [1.165, 1.54) is 11.8 Å². The number of alkyl carbamates (subject to hydrolysis) is 1. The number of amides is 1. The monoisotopic (exact) mass is 703 g/mol. The van der Waals surface area contributed by atoms with Crippen molar-refractivity contribution in [3.8, 4) is 0 Å². The lowest BCUT2D eigenvalue weighted by Gasteiger charge is -2.47. The highest BCUT2D eigenvalue weighted by Crippen LogP contribution is 2.40. The highest BCUT2D eigenvalue weighted by Gasteiger charge is 2.59. The number of benzene rings is 2. The van der Waals surface area contributed by atoms with Gasteiger partial charge >= 0.3 is 30.0 Å². The third kappa shape index (κ3) is 9.07. The van der Waals surface area contributed by atoms with Gasteiger partial charge in [0.25, 0.3) is 0 Å². The maximum atomic E-state index is 13.0. The van der Waals surface area contributed by atoms with Gasteiger partial charge in [0.15, 0.2) is 36.8 Å². The summed E-state index contributed by atoms with van der Waals surface area (Å²) in [5, 5.41) is 2.78. The molecular weight excluding hydrogens is 666 g/mol. The summed E-state index contributed by atoms with van der Waals surface area (Å²) >= 11 is 1.36. The Balaban J connectivity index is 1.49. The first-order chi connectivity index (χ1) is 23.5. The van der Waals surface area contributed by atoms with Crippen LogP contribution in [-0.2, 0) is 68.4 Å². The molecule has 0 saturated carbocycles. The van der Waals surface area contributed by atoms with Crippen molar-refractivity contribution in [2.75, 3.05) is 13.7 Å². The smallest absolute Gasteiger partial charge is 0.408 e. The summed E-state index contributed by atoms with van der Waals surface area (Å²) in [7, 11) is 1.08. The van der Waals surface area contributed by atoms with Gasteiger partial charge in [-0.2, -0.15) is 0 Å². The van der Waals surface area contributed by atoms with Crippen molar-refractivity contribution in [1.29, 1.82) is 0 Å². The molecule has 10 atom stereocenters. The molecule has 2 aromatic carbocycles. The standard InChI is InChI=1S/C33H37NO14S/c1-17(35)42-26-27(43-18(2)36)29(44-19(3)37)31(47-28(26)30(38)40-4)46-24-22(16-41-15-20-11-7-5-8-12-20)45-32(23-25(24)48-33(39)34-23)49-21-13-9-6-10-14-21/h5-14,22-29,31-32H,15-16H2,1-4H3,(H,34,39)/t22-,23-,24-,25-,26+,27+,28+,29-,31-,32+/m1/s1. The predicted molar refractivity (Wildman–Crippen MR) is 166 cm³/mol. The third-order valence-corrected chi connectivity index (χ3v) is 8.87. The van der Waals surface area contributed by atoms with Gasteiger partial charge in [0.1, 0.15) is 23.7 Å². The molecule has 1 amide bonds. The summed E-state index contributed by atoms with van der Waals surface area (Å²) in [4.78, 5) is 63.3. The van der Waals surface area contributed by atoms with Crippen LogP contribution in [0.25, 0.3) is 0 Å². The first-order valence-corrected chi connectivity index (χ1v) is 16.3. The molecule has 0 aromatic heterocycles. The minimum Gasteiger partial charge on any atom is -0.467 e. The quantitative estimate of drug-likeness (QED) is 0.251. The molecule has 16 heteroatoms. The lowest BCUT2D eigenvalue weighted by molar-refractivity contribution is -0.329. The number of fused-ring (bicyclic) bond motifs is 1. The zero-order chi connectivity index (χ0) is 35.1. The molecule has 0 radical (unpaired) electrons. The van der Waals surface area contributed by atoms with Crippen LogP contribution < -0.4 is 5.32 Å². The number of thioether (sulfide) groups is 1. The fraction of sp³-hybridized carbons (Fsp3) is 0.485. The van der Waals surface area contributed by atoms with E-state index in [4.69, 9.17) is 42.6 Å². The average Bonchev–Trinajstić information content (AvgIpc) is 3.46. The Hall–Kier alpha value is -4.22. The van der Waals surface area contributed by atoms with Crippen molar-refractivity contribution in [2.45, 2.75) is 92.8 Å². The Morgan fingerprint density at radius 2 is 1.41 bits per heavy atom. The van der Waals surface area contributed by atoms with Gasteiger partial charge in [-0.1, -0.05) is 60.3 Å². The zero-order valence-corrected chi connectivity index (χ0v) is 27.9. The van der Waals surface area contributed by atoms with E-state index in [1.54, 1.807) is 0 Å². The fourth-order valence-electron chi connectivity index (χ4n) is 5.73. The number of nitrogens with one attached hydrogen (secondary N) is 1. The Labute approximate surface area is 286 Å². The number of ether oxygens (including phenoxy) is 9. The molecule has 3 aliphatic heterocycles. The lowest BCUT2D eigenvalue weighted by atomic mass is 9.96. The Morgan fingerprint density at radius 1 is 0.796 bits per heavy atom. The molecule has 0 aliphatic carbocycles. The van der Waals surface area contributed by atoms with Crippen LogP contribution in [0.2, 0.25) is 0 Å². The van der Waals surface area contributed by atoms with Crippen LogP contribution in [0.5, 0.6) is 0 Å². The van der Waals surface area contributed by atoms with Crippen LogP contribution in [0.3, 0.4) is 0 Å². The minimum absolute atomic E-state index is 0.0546. The molecule has 0 spiro atoms. The van der Waals surface area contributed by atoms with Crippen LogP contribution in [0, 0.1) is 0 Å². The highest BCUT2D eigenvalue weighted by atomic mass is 32.2. The molecule has 264 valence electrons. The van der Waals surface area contributed by atoms with Gasteiger partial charge in [-0.05, 0) is 17.7 Å². The molecule has 49 heavy (non-hydrogen) atoms. The lowest BCUT2D eigenvalue weighted by Crippen LogP contribution is -2.66. The molecule has 3 fully saturated rings. The topological polar surface area (TPSA) is 180 Å². The van der Waals surface area contributed by atoms with Gasteiger partial charge in [-0.3, -0.25) is 14.4 Å². The van der Waals surface area contributed by atoms with E-state index in [9.17, 15) is 24.0 Å². The van der Waals surface area contributed by atoms with Gasteiger partial charge in [-0.25, -0.2) is 9.59 Å². The Bertz CT molecular complexity index is 1480. The molecular formula is C33H37NO14S. The van der Waals surface area contributed by atoms with Gasteiger partial charge in [0.05, 0.1) is 20.3 Å². The normalized spacial score (nSPS) is 30.6. The molecule has 0 bridgehead atoms. The number of rotatable bonds is 12. The molecule has 0 unspecified atom stereocenters. The maximum absolute atomic E-state index is 13.0. The summed E-state index contributed by atoms with van der Waals surface area (Å²) in [5.74, 6) is -3.50. The van der Waals surface area contributed by atoms with Crippen LogP contribution in [0.1, 0.15) is 26.3 Å². The van der Waals surface area contributed by atoms with Crippen molar-refractivity contribution in [3.63, 3.8) is 0 Å². The number of hydrogen-bond acceptors (Lipinski definition) is 15. The zero-order valence-electron chi connectivity index (χ0n) is 27.1. The van der Waals surface area contributed by atoms with Crippen molar-refractivity contribution in [1.82, 2.24) is 5.32 Å². The summed E-state index contributed by atoms with van der Waals surface area (Å²) < 4.78 is 52.0. The van der Waals surface area contributed by atoms with E-state index in [0.29, 0.717) is 0 Å². The van der Waals surface area contributed by atoms with Crippen LogP contribution in [-0.4, -0.2) is 104 Å². The molecule has 15 nitrogen and oxygen atoms in total. The third-order valence-electron chi connectivity index (χ3n) is 7.69. The average molecular weight is 704 g/mol. The van der Waals surface area contributed by atoms with Crippen molar-refractivity contribution < 1.29 is 66.6 Å². The van der Waals surface area contributed by atoms with E-state index in [0.717, 1.165) is 38.3 Å². The SMILES string of the molecule is COC(=O)[C@H]1O[C@@H](O[C@H]2[C@@H]3OC(=O)N[C@H]3[C@H](Sc3ccccc3)O[C@@H]2COCc2ccccc2)[C@H](OC(C)=O)[C@@H](OC(C)=O)[C@@H]1OC(C)=O. The van der Waals surface area contributed by atoms with E-state index < -0.39 is 90.5 Å². The van der Waals surface area contributed by atoms with Crippen molar-refractivity contribution >= 4 is 41.7 Å². The van der Waals surface area contributed by atoms with E-state index in [-0.39, 0.29) is 13.2 Å². The van der Waals surface area contributed by atoms with Gasteiger partial charge in [-0.15, -0.1) is 0 Å². The van der Waals surface area contributed by atoms with Crippen molar-refractivity contribution in [2.24, 2.45) is 0 Å². The van der Waals surface area contributed by atoms with Gasteiger partial charge in [0, 0.05) is 25.7 Å². The molecule has 3 saturated heterocycles. The molecule has 3 aliphatic rings. The van der Waals surface area contributed by atoms with Gasteiger partial charge in [0.2, 0.25) is 0 Å². The van der Waals surface area contributed by atoms with Crippen molar-refractivity contribution in [3.05, 3.63) is 66.2 Å². The van der Waals surface area contributed by atoms with Crippen LogP contribution in [0.4, 0.5) is 4.79 Å². The second-order valence-corrected chi connectivity index (χ2v) is 12.5. The van der Waals surface area contributed by atoms with Crippen LogP contribution >= 0.6 is 11.8 Å². The summed E-state index contributed by atoms with van der Waals surface area (Å²) in [6.45, 7) is 3.43.